The largest absolute Gasteiger partial charge is 0.480 e. The number of hydrogen-bond acceptors (Lipinski definition) is 7. The summed E-state index contributed by atoms with van der Waals surface area (Å²) in [5, 5.41) is 5.92. The quantitative estimate of drug-likeness (QED) is 0.661. The normalized spacial score (nSPS) is 13.8. The van der Waals surface area contributed by atoms with E-state index < -0.39 is 11.7 Å². The molecule has 0 saturated carbocycles. The van der Waals surface area contributed by atoms with Crippen molar-refractivity contribution < 1.29 is 13.9 Å². The van der Waals surface area contributed by atoms with Gasteiger partial charge in [0.2, 0.25) is 11.8 Å². The van der Waals surface area contributed by atoms with Crippen LogP contribution in [0.2, 0.25) is 0 Å². The molecule has 1 aliphatic rings. The molecule has 0 atom stereocenters. The van der Waals surface area contributed by atoms with E-state index in [4.69, 9.17) is 4.74 Å². The summed E-state index contributed by atoms with van der Waals surface area (Å²) in [6.07, 6.45) is 4.70. The lowest BCUT2D eigenvalue weighted by Gasteiger charge is -2.27. The summed E-state index contributed by atoms with van der Waals surface area (Å²) in [4.78, 5) is 27.5. The number of methoxy groups -OCH3 is 1. The predicted molar refractivity (Wildman–Crippen MR) is 109 cm³/mol. The van der Waals surface area contributed by atoms with Crippen LogP contribution < -0.4 is 20.3 Å². The van der Waals surface area contributed by atoms with Gasteiger partial charge in [-0.2, -0.15) is 4.98 Å². The lowest BCUT2D eigenvalue weighted by atomic mass is 10.3. The van der Waals surface area contributed by atoms with E-state index in [1.54, 1.807) is 19.3 Å². The van der Waals surface area contributed by atoms with Gasteiger partial charge in [-0.1, -0.05) is 0 Å². The molecule has 0 radical (unpaired) electrons. The van der Waals surface area contributed by atoms with Crippen LogP contribution in [0, 0.1) is 12.7 Å². The molecule has 154 valence electrons. The molecule has 0 spiro atoms. The van der Waals surface area contributed by atoms with Crippen molar-refractivity contribution in [2.75, 3.05) is 43.5 Å². The summed E-state index contributed by atoms with van der Waals surface area (Å²) >= 11 is 0. The first-order valence-electron chi connectivity index (χ1n) is 8.88. The van der Waals surface area contributed by atoms with Gasteiger partial charge in [0.25, 0.3) is 5.91 Å². The Bertz CT molecular complexity index is 1040. The number of fused-ring (bicyclic) bond motifs is 1. The third kappa shape index (κ3) is 4.22. The highest BCUT2D eigenvalue weighted by Crippen LogP contribution is 2.21. The Morgan fingerprint density at radius 2 is 2.03 bits per heavy atom. The minimum absolute atomic E-state index is 0. The molecule has 1 amide bonds. The lowest BCUT2D eigenvalue weighted by Crippen LogP contribution is -2.44. The third-order valence-electron chi connectivity index (χ3n) is 4.46. The van der Waals surface area contributed by atoms with Crippen LogP contribution in [0.3, 0.4) is 0 Å². The van der Waals surface area contributed by atoms with Gasteiger partial charge in [-0.25, -0.2) is 14.4 Å². The Kier molecular flexibility index (Phi) is 6.14. The van der Waals surface area contributed by atoms with Crippen LogP contribution in [0.1, 0.15) is 16.1 Å². The Labute approximate surface area is 172 Å². The van der Waals surface area contributed by atoms with Gasteiger partial charge in [-0.15, -0.1) is 12.4 Å². The molecule has 3 aromatic heterocycles. The zero-order chi connectivity index (χ0) is 19.7. The van der Waals surface area contributed by atoms with Gasteiger partial charge in [0, 0.05) is 50.8 Å². The van der Waals surface area contributed by atoms with Crippen LogP contribution >= 0.6 is 12.4 Å². The average molecular weight is 422 g/mol. The molecular formula is C18H21ClFN7O2. The van der Waals surface area contributed by atoms with E-state index in [1.807, 2.05) is 4.90 Å². The number of aromatic nitrogens is 4. The van der Waals surface area contributed by atoms with E-state index in [1.165, 1.54) is 23.8 Å². The number of anilines is 2. The number of carbonyl (C=O) groups excluding carboxylic acids is 1. The van der Waals surface area contributed by atoms with E-state index >= 15 is 0 Å². The van der Waals surface area contributed by atoms with Crippen LogP contribution in [0.15, 0.2) is 24.7 Å². The minimum atomic E-state index is -0.525. The monoisotopic (exact) mass is 421 g/mol. The number of pyridine rings is 1. The zero-order valence-electron chi connectivity index (χ0n) is 16.0. The molecule has 2 N–H and O–H groups in total. The van der Waals surface area contributed by atoms with Crippen molar-refractivity contribution in [3.63, 3.8) is 0 Å². The highest BCUT2D eigenvalue weighted by Gasteiger charge is 2.20. The van der Waals surface area contributed by atoms with Crippen molar-refractivity contribution >= 4 is 35.6 Å². The van der Waals surface area contributed by atoms with Gasteiger partial charge in [-0.3, -0.25) is 4.79 Å². The minimum Gasteiger partial charge on any atom is -0.480 e. The van der Waals surface area contributed by atoms with Crippen molar-refractivity contribution in [2.45, 2.75) is 6.92 Å². The van der Waals surface area contributed by atoms with Crippen LogP contribution in [0.4, 0.5) is 16.0 Å². The number of carbonyl (C=O) groups is 1. The number of piperazine rings is 1. The Morgan fingerprint density at radius 3 is 2.76 bits per heavy atom. The summed E-state index contributed by atoms with van der Waals surface area (Å²) in [6, 6.07) is 1.22. The second kappa shape index (κ2) is 8.58. The van der Waals surface area contributed by atoms with E-state index in [2.05, 4.69) is 25.6 Å². The molecule has 11 heteroatoms. The standard InChI is InChI=1S/C18H20FN7O2.ClH/c1-11-9-26-10-12(7-14(19)15(26)22-11)23-16(27)13-8-21-18(24-17(13)28-2)25-5-3-20-4-6-25;/h7-10,20H,3-6H2,1-2H3,(H,23,27);1H. The molecule has 0 aliphatic carbocycles. The lowest BCUT2D eigenvalue weighted by molar-refractivity contribution is 0.102. The van der Waals surface area contributed by atoms with E-state index in [0.717, 1.165) is 26.2 Å². The maximum atomic E-state index is 14.2. The maximum absolute atomic E-state index is 14.2. The summed E-state index contributed by atoms with van der Waals surface area (Å²) < 4.78 is 21.0. The molecule has 1 saturated heterocycles. The number of ether oxygens (including phenoxy) is 1. The van der Waals surface area contributed by atoms with Gasteiger partial charge in [-0.05, 0) is 6.92 Å². The molecule has 1 aliphatic heterocycles. The SMILES string of the molecule is COc1nc(N2CCNCC2)ncc1C(=O)Nc1cc(F)c2nc(C)cn2c1.Cl. The molecule has 0 bridgehead atoms. The zero-order valence-corrected chi connectivity index (χ0v) is 16.8. The molecule has 1 fully saturated rings. The number of amides is 1. The Hall–Kier alpha value is -2.98. The molecule has 4 heterocycles. The summed E-state index contributed by atoms with van der Waals surface area (Å²) in [5.41, 5.74) is 1.35. The highest BCUT2D eigenvalue weighted by atomic mass is 35.5. The number of nitrogens with zero attached hydrogens (tertiary/aromatic N) is 5. The molecular weight excluding hydrogens is 401 g/mol. The first kappa shape index (κ1) is 20.7. The van der Waals surface area contributed by atoms with Gasteiger partial charge in [0.15, 0.2) is 11.5 Å². The molecule has 0 aromatic carbocycles. The molecule has 29 heavy (non-hydrogen) atoms. The van der Waals surface area contributed by atoms with Gasteiger partial charge < -0.3 is 24.7 Å². The number of nitrogens with one attached hydrogen (secondary N) is 2. The topological polar surface area (TPSA) is 96.7 Å². The summed E-state index contributed by atoms with van der Waals surface area (Å²) in [5.74, 6) is -0.334. The Morgan fingerprint density at radius 1 is 1.28 bits per heavy atom. The van der Waals surface area contributed by atoms with Crippen LogP contribution in [-0.2, 0) is 0 Å². The van der Waals surface area contributed by atoms with Crippen LogP contribution in [0.5, 0.6) is 5.88 Å². The van der Waals surface area contributed by atoms with Gasteiger partial charge in [0.1, 0.15) is 5.56 Å². The van der Waals surface area contributed by atoms with Crippen molar-refractivity contribution in [2.24, 2.45) is 0 Å². The van der Waals surface area contributed by atoms with Crippen molar-refractivity contribution in [3.8, 4) is 5.88 Å². The van der Waals surface area contributed by atoms with Crippen molar-refractivity contribution in [1.82, 2.24) is 24.7 Å². The number of imidazole rings is 1. The first-order chi connectivity index (χ1) is 13.5. The fourth-order valence-corrected chi connectivity index (χ4v) is 3.13. The van der Waals surface area contributed by atoms with Crippen LogP contribution in [-0.4, -0.2) is 58.5 Å². The Balaban J connectivity index is 0.00000240. The second-order valence-corrected chi connectivity index (χ2v) is 6.47. The van der Waals surface area contributed by atoms with E-state index in [-0.39, 0.29) is 29.5 Å². The molecule has 3 aromatic rings. The van der Waals surface area contributed by atoms with Gasteiger partial charge >= 0.3 is 0 Å². The molecule has 9 nitrogen and oxygen atoms in total. The number of hydrogen-bond donors (Lipinski definition) is 2. The fraction of sp³-hybridized carbons (Fsp3) is 0.333. The molecule has 4 rings (SSSR count). The van der Waals surface area contributed by atoms with E-state index in [0.29, 0.717) is 17.3 Å². The molecule has 0 unspecified atom stereocenters. The van der Waals surface area contributed by atoms with Gasteiger partial charge in [0.05, 0.1) is 18.5 Å². The summed E-state index contributed by atoms with van der Waals surface area (Å²) in [7, 11) is 1.45. The van der Waals surface area contributed by atoms with Crippen LogP contribution in [0.25, 0.3) is 5.65 Å². The van der Waals surface area contributed by atoms with Crippen molar-refractivity contribution in [3.05, 3.63) is 41.7 Å². The number of halogens is 2. The first-order valence-corrected chi connectivity index (χ1v) is 8.88. The number of rotatable bonds is 4. The van der Waals surface area contributed by atoms with Crippen molar-refractivity contribution in [1.29, 1.82) is 0 Å². The smallest absolute Gasteiger partial charge is 0.262 e. The highest BCUT2D eigenvalue weighted by molar-refractivity contribution is 6.05. The van der Waals surface area contributed by atoms with E-state index in [9.17, 15) is 9.18 Å². The maximum Gasteiger partial charge on any atom is 0.262 e. The average Bonchev–Trinajstić information content (AvgIpc) is 3.09. The summed E-state index contributed by atoms with van der Waals surface area (Å²) in [6.45, 7) is 5.01. The third-order valence-corrected chi connectivity index (χ3v) is 4.46. The predicted octanol–water partition coefficient (Wildman–Crippen LogP) is 1.66. The second-order valence-electron chi connectivity index (χ2n) is 6.47. The fourth-order valence-electron chi connectivity index (χ4n) is 3.13. The number of aryl methyl sites for hydroxylation is 1.